The lowest BCUT2D eigenvalue weighted by Gasteiger charge is -1.99. The summed E-state index contributed by atoms with van der Waals surface area (Å²) >= 11 is 0. The average Bonchev–Trinajstić information content (AvgIpc) is 2.18. The summed E-state index contributed by atoms with van der Waals surface area (Å²) < 4.78 is 0. The van der Waals surface area contributed by atoms with Gasteiger partial charge in [0.25, 0.3) is 0 Å². The molecule has 0 aliphatic rings. The van der Waals surface area contributed by atoms with E-state index >= 15 is 0 Å². The molecule has 64 valence electrons. The van der Waals surface area contributed by atoms with E-state index in [2.05, 4.69) is 0 Å². The molecular weight excluding hydrogens is 162 g/mol. The molecular formula is C11H9NO. The van der Waals surface area contributed by atoms with Gasteiger partial charge in [0.1, 0.15) is 6.29 Å². The third kappa shape index (κ3) is 2.28. The monoisotopic (exact) mass is 171 g/mol. The number of aldehydes is 1. The predicted molar refractivity (Wildman–Crippen MR) is 50.9 cm³/mol. The summed E-state index contributed by atoms with van der Waals surface area (Å²) in [6.45, 7) is 1.84. The molecule has 2 nitrogen and oxygen atoms in total. The third-order valence-electron chi connectivity index (χ3n) is 1.77. The molecule has 0 bridgehead atoms. The van der Waals surface area contributed by atoms with Crippen LogP contribution in [0.4, 0.5) is 0 Å². The van der Waals surface area contributed by atoms with Crippen LogP contribution in [-0.4, -0.2) is 6.29 Å². The predicted octanol–water partition coefficient (Wildman–Crippen LogP) is 2.16. The molecule has 0 atom stereocenters. The first kappa shape index (κ1) is 9.21. The lowest BCUT2D eigenvalue weighted by atomic mass is 10.1. The molecule has 0 saturated carbocycles. The Morgan fingerprint density at radius 3 is 2.92 bits per heavy atom. The summed E-state index contributed by atoms with van der Waals surface area (Å²) in [6.07, 6.45) is 2.23. The van der Waals surface area contributed by atoms with Crippen LogP contribution in [0.3, 0.4) is 0 Å². The molecule has 0 unspecified atom stereocenters. The van der Waals surface area contributed by atoms with Gasteiger partial charge in [0.2, 0.25) is 0 Å². The van der Waals surface area contributed by atoms with Gasteiger partial charge in [-0.2, -0.15) is 5.26 Å². The zero-order valence-electron chi connectivity index (χ0n) is 7.32. The molecule has 1 aromatic rings. The van der Waals surface area contributed by atoms with Crippen LogP contribution in [-0.2, 0) is 4.79 Å². The van der Waals surface area contributed by atoms with Crippen LogP contribution in [0.5, 0.6) is 0 Å². The second kappa shape index (κ2) is 4.22. The molecule has 0 N–H and O–H groups in total. The summed E-state index contributed by atoms with van der Waals surface area (Å²) in [4.78, 5) is 10.2. The van der Waals surface area contributed by atoms with Gasteiger partial charge in [-0.15, -0.1) is 0 Å². The Labute approximate surface area is 77.1 Å². The van der Waals surface area contributed by atoms with E-state index in [4.69, 9.17) is 5.26 Å². The van der Waals surface area contributed by atoms with E-state index in [1.165, 1.54) is 6.08 Å². The number of hydrogen-bond acceptors (Lipinski definition) is 2. The summed E-state index contributed by atoms with van der Waals surface area (Å²) in [5.74, 6) is 0. The van der Waals surface area contributed by atoms with E-state index in [9.17, 15) is 4.79 Å². The van der Waals surface area contributed by atoms with Crippen molar-refractivity contribution < 1.29 is 4.79 Å². The van der Waals surface area contributed by atoms with E-state index < -0.39 is 0 Å². The minimum Gasteiger partial charge on any atom is -0.299 e. The van der Waals surface area contributed by atoms with Gasteiger partial charge in [-0.25, -0.2) is 0 Å². The van der Waals surface area contributed by atoms with Gasteiger partial charge in [-0.3, -0.25) is 4.79 Å². The fraction of sp³-hybridized carbons (Fsp3) is 0.0909. The number of rotatable bonds is 2. The zero-order valence-corrected chi connectivity index (χ0v) is 7.32. The SMILES string of the molecule is C/C(=C\C=O)c1cccc(C#N)c1. The molecule has 0 fully saturated rings. The van der Waals surface area contributed by atoms with Crippen LogP contribution in [0.15, 0.2) is 30.3 Å². The first-order valence-electron chi connectivity index (χ1n) is 3.90. The standard InChI is InChI=1S/C11H9NO/c1-9(5-6-13)11-4-2-3-10(7-11)8-12/h2-7H,1H3/b9-5+. The molecule has 0 aliphatic heterocycles. The van der Waals surface area contributed by atoms with Crippen molar-refractivity contribution in [3.63, 3.8) is 0 Å². The largest absolute Gasteiger partial charge is 0.299 e. The van der Waals surface area contributed by atoms with Crippen molar-refractivity contribution >= 4 is 11.9 Å². The molecule has 1 aromatic carbocycles. The Balaban J connectivity index is 3.10. The van der Waals surface area contributed by atoms with Crippen molar-refractivity contribution in [1.82, 2.24) is 0 Å². The van der Waals surface area contributed by atoms with Gasteiger partial charge in [0.05, 0.1) is 11.6 Å². The smallest absolute Gasteiger partial charge is 0.143 e. The van der Waals surface area contributed by atoms with Crippen LogP contribution >= 0.6 is 0 Å². The number of nitriles is 1. The van der Waals surface area contributed by atoms with Gasteiger partial charge < -0.3 is 0 Å². The minimum absolute atomic E-state index is 0.608. The number of carbonyl (C=O) groups is 1. The van der Waals surface area contributed by atoms with Crippen molar-refractivity contribution in [3.8, 4) is 6.07 Å². The molecule has 1 rings (SSSR count). The fourth-order valence-electron chi connectivity index (χ4n) is 1.03. The summed E-state index contributed by atoms with van der Waals surface area (Å²) in [7, 11) is 0. The first-order valence-corrected chi connectivity index (χ1v) is 3.90. The highest BCUT2D eigenvalue weighted by atomic mass is 16.1. The Hall–Kier alpha value is -1.88. The molecule has 2 heteroatoms. The molecule has 0 radical (unpaired) electrons. The highest BCUT2D eigenvalue weighted by molar-refractivity contribution is 5.80. The highest BCUT2D eigenvalue weighted by Gasteiger charge is 1.96. The van der Waals surface area contributed by atoms with Gasteiger partial charge in [0.15, 0.2) is 0 Å². The van der Waals surface area contributed by atoms with Gasteiger partial charge in [-0.1, -0.05) is 12.1 Å². The quantitative estimate of drug-likeness (QED) is 0.505. The Morgan fingerprint density at radius 2 is 2.31 bits per heavy atom. The van der Waals surface area contributed by atoms with Crippen molar-refractivity contribution in [1.29, 1.82) is 5.26 Å². The van der Waals surface area contributed by atoms with Gasteiger partial charge in [-0.05, 0) is 36.3 Å². The molecule has 0 spiro atoms. The normalized spacial score (nSPS) is 10.6. The molecule has 0 heterocycles. The summed E-state index contributed by atoms with van der Waals surface area (Å²) in [5.41, 5.74) is 2.38. The molecule has 0 aromatic heterocycles. The van der Waals surface area contributed by atoms with Crippen molar-refractivity contribution in [2.45, 2.75) is 6.92 Å². The zero-order chi connectivity index (χ0) is 9.68. The van der Waals surface area contributed by atoms with E-state index in [0.717, 1.165) is 17.4 Å². The highest BCUT2D eigenvalue weighted by Crippen LogP contribution is 2.13. The second-order valence-corrected chi connectivity index (χ2v) is 2.68. The maximum absolute atomic E-state index is 10.2. The van der Waals surface area contributed by atoms with Crippen molar-refractivity contribution in [3.05, 3.63) is 41.5 Å². The van der Waals surface area contributed by atoms with E-state index in [1.54, 1.807) is 18.2 Å². The maximum atomic E-state index is 10.2. The van der Waals surface area contributed by atoms with Crippen molar-refractivity contribution in [2.75, 3.05) is 0 Å². The Kier molecular flexibility index (Phi) is 2.99. The fourth-order valence-corrected chi connectivity index (χ4v) is 1.03. The number of benzene rings is 1. The van der Waals surface area contributed by atoms with E-state index in [1.807, 2.05) is 19.1 Å². The van der Waals surface area contributed by atoms with E-state index in [0.29, 0.717) is 5.56 Å². The molecule has 13 heavy (non-hydrogen) atoms. The van der Waals surface area contributed by atoms with Crippen LogP contribution < -0.4 is 0 Å². The topological polar surface area (TPSA) is 40.9 Å². The average molecular weight is 171 g/mol. The van der Waals surface area contributed by atoms with Crippen LogP contribution in [0.2, 0.25) is 0 Å². The lowest BCUT2D eigenvalue weighted by molar-refractivity contribution is -0.104. The Morgan fingerprint density at radius 1 is 1.54 bits per heavy atom. The number of allylic oxidation sites excluding steroid dienone is 2. The maximum Gasteiger partial charge on any atom is 0.143 e. The molecule has 0 amide bonds. The molecule has 0 aliphatic carbocycles. The van der Waals surface area contributed by atoms with Crippen molar-refractivity contribution in [2.24, 2.45) is 0 Å². The number of hydrogen-bond donors (Lipinski definition) is 0. The third-order valence-corrected chi connectivity index (χ3v) is 1.77. The lowest BCUT2D eigenvalue weighted by Crippen LogP contribution is -1.82. The van der Waals surface area contributed by atoms with Crippen LogP contribution in [0.25, 0.3) is 5.57 Å². The first-order chi connectivity index (χ1) is 6.27. The number of carbonyl (C=O) groups excluding carboxylic acids is 1. The summed E-state index contributed by atoms with van der Waals surface area (Å²) in [5, 5.41) is 8.63. The van der Waals surface area contributed by atoms with Crippen LogP contribution in [0.1, 0.15) is 18.1 Å². The van der Waals surface area contributed by atoms with Gasteiger partial charge in [0, 0.05) is 0 Å². The number of nitrogens with zero attached hydrogens (tertiary/aromatic N) is 1. The van der Waals surface area contributed by atoms with E-state index in [-0.39, 0.29) is 0 Å². The van der Waals surface area contributed by atoms with Gasteiger partial charge >= 0.3 is 0 Å². The van der Waals surface area contributed by atoms with Crippen LogP contribution in [0, 0.1) is 11.3 Å². The molecule has 0 saturated heterocycles. The Bertz CT molecular complexity index is 385. The second-order valence-electron chi connectivity index (χ2n) is 2.68. The minimum atomic E-state index is 0.608. The summed E-state index contributed by atoms with van der Waals surface area (Å²) in [6, 6.07) is 9.21.